The molecule has 0 aliphatic carbocycles. The summed E-state index contributed by atoms with van der Waals surface area (Å²) in [6.07, 6.45) is 0. The maximum absolute atomic E-state index is 12.4. The maximum Gasteiger partial charge on any atom is 0.333 e. The van der Waals surface area contributed by atoms with Crippen molar-refractivity contribution in [2.45, 2.75) is 6.04 Å². The molecule has 0 fully saturated rings. The first kappa shape index (κ1) is 16.2. The summed E-state index contributed by atoms with van der Waals surface area (Å²) in [7, 11) is 1.20. The van der Waals surface area contributed by atoms with Crippen molar-refractivity contribution in [2.75, 3.05) is 7.11 Å². The lowest BCUT2D eigenvalue weighted by Gasteiger charge is -2.16. The molecule has 2 aromatic rings. The predicted octanol–water partition coefficient (Wildman–Crippen LogP) is 2.24. The molecule has 23 heavy (non-hydrogen) atoms. The molecule has 2 rings (SSSR count). The zero-order valence-electron chi connectivity index (χ0n) is 12.3. The molecule has 0 aliphatic rings. The third-order valence-electron chi connectivity index (χ3n) is 3.19. The first-order chi connectivity index (χ1) is 11.0. The van der Waals surface area contributed by atoms with Crippen LogP contribution in [0.2, 0.25) is 0 Å². The number of nitro benzene ring substituents is 1. The molecule has 0 saturated carbocycles. The molecule has 0 bridgehead atoms. The molecular formula is C16H14N2O5. The summed E-state index contributed by atoms with van der Waals surface area (Å²) in [6.45, 7) is 0. The molecule has 0 aromatic heterocycles. The summed E-state index contributed by atoms with van der Waals surface area (Å²) in [5.41, 5.74) is 0.0651. The molecule has 0 radical (unpaired) electrons. The quantitative estimate of drug-likeness (QED) is 0.518. The van der Waals surface area contributed by atoms with Gasteiger partial charge in [0.1, 0.15) is 5.56 Å². The van der Waals surface area contributed by atoms with Crippen molar-refractivity contribution < 1.29 is 19.2 Å². The number of ether oxygens (including phenoxy) is 1. The van der Waals surface area contributed by atoms with Gasteiger partial charge in [-0.15, -0.1) is 0 Å². The first-order valence-corrected chi connectivity index (χ1v) is 6.71. The molecule has 0 spiro atoms. The summed E-state index contributed by atoms with van der Waals surface area (Å²) in [5, 5.41) is 13.5. The Morgan fingerprint density at radius 1 is 1.09 bits per heavy atom. The van der Waals surface area contributed by atoms with Crippen LogP contribution in [0.5, 0.6) is 0 Å². The molecule has 118 valence electrons. The number of benzene rings is 2. The van der Waals surface area contributed by atoms with E-state index in [9.17, 15) is 19.7 Å². The Morgan fingerprint density at radius 3 is 2.30 bits per heavy atom. The third kappa shape index (κ3) is 3.70. The van der Waals surface area contributed by atoms with Crippen LogP contribution in [-0.2, 0) is 9.53 Å². The van der Waals surface area contributed by atoms with Crippen LogP contribution < -0.4 is 5.32 Å². The SMILES string of the molecule is COC(=O)C(NC(=O)c1ccccc1[N+](=O)[O-])c1ccccc1. The van der Waals surface area contributed by atoms with Gasteiger partial charge in [-0.25, -0.2) is 4.79 Å². The van der Waals surface area contributed by atoms with E-state index < -0.39 is 22.8 Å². The van der Waals surface area contributed by atoms with Crippen LogP contribution >= 0.6 is 0 Å². The third-order valence-corrected chi connectivity index (χ3v) is 3.19. The predicted molar refractivity (Wildman–Crippen MR) is 81.8 cm³/mol. The molecule has 1 atom stereocenters. The van der Waals surface area contributed by atoms with E-state index in [0.29, 0.717) is 5.56 Å². The van der Waals surface area contributed by atoms with Crippen LogP contribution in [0.4, 0.5) is 5.69 Å². The van der Waals surface area contributed by atoms with Crippen molar-refractivity contribution in [2.24, 2.45) is 0 Å². The van der Waals surface area contributed by atoms with Gasteiger partial charge < -0.3 is 10.1 Å². The fourth-order valence-corrected chi connectivity index (χ4v) is 2.08. The average molecular weight is 314 g/mol. The van der Waals surface area contributed by atoms with Crippen molar-refractivity contribution >= 4 is 17.6 Å². The van der Waals surface area contributed by atoms with E-state index in [2.05, 4.69) is 5.32 Å². The lowest BCUT2D eigenvalue weighted by atomic mass is 10.1. The van der Waals surface area contributed by atoms with Crippen molar-refractivity contribution in [1.82, 2.24) is 5.32 Å². The molecule has 1 N–H and O–H groups in total. The summed E-state index contributed by atoms with van der Waals surface area (Å²) in [4.78, 5) is 34.6. The second kappa shape index (κ2) is 7.17. The number of carbonyl (C=O) groups excluding carboxylic acids is 2. The second-order valence-corrected chi connectivity index (χ2v) is 4.61. The van der Waals surface area contributed by atoms with Gasteiger partial charge in [0.05, 0.1) is 12.0 Å². The zero-order valence-corrected chi connectivity index (χ0v) is 12.3. The van der Waals surface area contributed by atoms with Crippen LogP contribution in [0.3, 0.4) is 0 Å². The van der Waals surface area contributed by atoms with Crippen LogP contribution in [-0.4, -0.2) is 23.9 Å². The lowest BCUT2D eigenvalue weighted by Crippen LogP contribution is -2.34. The summed E-state index contributed by atoms with van der Waals surface area (Å²) >= 11 is 0. The molecule has 1 amide bonds. The highest BCUT2D eigenvalue weighted by Crippen LogP contribution is 2.20. The molecular weight excluding hydrogens is 300 g/mol. The van der Waals surface area contributed by atoms with E-state index in [0.717, 1.165) is 0 Å². The van der Waals surface area contributed by atoms with E-state index in [1.165, 1.54) is 31.4 Å². The van der Waals surface area contributed by atoms with E-state index in [-0.39, 0.29) is 11.3 Å². The van der Waals surface area contributed by atoms with Gasteiger partial charge in [-0.2, -0.15) is 0 Å². The van der Waals surface area contributed by atoms with Crippen LogP contribution in [0.15, 0.2) is 54.6 Å². The van der Waals surface area contributed by atoms with E-state index in [4.69, 9.17) is 4.74 Å². The largest absolute Gasteiger partial charge is 0.467 e. The molecule has 7 nitrogen and oxygen atoms in total. The van der Waals surface area contributed by atoms with E-state index >= 15 is 0 Å². The number of hydrogen-bond donors (Lipinski definition) is 1. The van der Waals surface area contributed by atoms with Crippen LogP contribution in [0, 0.1) is 10.1 Å². The monoisotopic (exact) mass is 314 g/mol. The van der Waals surface area contributed by atoms with Crippen LogP contribution in [0.1, 0.15) is 22.0 Å². The van der Waals surface area contributed by atoms with E-state index in [1.54, 1.807) is 30.3 Å². The second-order valence-electron chi connectivity index (χ2n) is 4.61. The van der Waals surface area contributed by atoms with Crippen molar-refractivity contribution in [3.05, 3.63) is 75.8 Å². The highest BCUT2D eigenvalue weighted by atomic mass is 16.6. The van der Waals surface area contributed by atoms with Crippen molar-refractivity contribution in [1.29, 1.82) is 0 Å². The van der Waals surface area contributed by atoms with Crippen LogP contribution in [0.25, 0.3) is 0 Å². The number of carbonyl (C=O) groups is 2. The minimum Gasteiger partial charge on any atom is -0.467 e. The standard InChI is InChI=1S/C16H14N2O5/c1-23-16(20)14(11-7-3-2-4-8-11)17-15(19)12-9-5-6-10-13(12)18(21)22/h2-10,14H,1H3,(H,17,19). The smallest absolute Gasteiger partial charge is 0.333 e. The Kier molecular flexibility index (Phi) is 5.03. The Morgan fingerprint density at radius 2 is 1.70 bits per heavy atom. The normalized spacial score (nSPS) is 11.3. The fourth-order valence-electron chi connectivity index (χ4n) is 2.08. The van der Waals surface area contributed by atoms with Gasteiger partial charge in [0, 0.05) is 6.07 Å². The zero-order chi connectivity index (χ0) is 16.8. The number of esters is 1. The Bertz CT molecular complexity index is 730. The summed E-state index contributed by atoms with van der Waals surface area (Å²) < 4.78 is 4.69. The van der Waals surface area contributed by atoms with E-state index in [1.807, 2.05) is 0 Å². The number of para-hydroxylation sites is 1. The maximum atomic E-state index is 12.4. The van der Waals surface area contributed by atoms with Crippen molar-refractivity contribution in [3.8, 4) is 0 Å². The van der Waals surface area contributed by atoms with Gasteiger partial charge in [0.25, 0.3) is 11.6 Å². The highest BCUT2D eigenvalue weighted by Gasteiger charge is 2.27. The molecule has 0 aliphatic heterocycles. The summed E-state index contributed by atoms with van der Waals surface area (Å²) in [6, 6.07) is 13.0. The molecule has 0 saturated heterocycles. The van der Waals surface area contributed by atoms with Gasteiger partial charge in [0.2, 0.25) is 0 Å². The molecule has 1 unspecified atom stereocenters. The molecule has 2 aromatic carbocycles. The minimum atomic E-state index is -1.05. The number of nitro groups is 1. The number of amides is 1. The Balaban J connectivity index is 2.32. The Hall–Kier alpha value is -3.22. The topological polar surface area (TPSA) is 98.5 Å². The fraction of sp³-hybridized carbons (Fsp3) is 0.125. The number of hydrogen-bond acceptors (Lipinski definition) is 5. The number of methoxy groups -OCH3 is 1. The van der Waals surface area contributed by atoms with Gasteiger partial charge in [0.15, 0.2) is 6.04 Å². The number of nitrogens with zero attached hydrogens (tertiary/aromatic N) is 1. The molecule has 7 heteroatoms. The lowest BCUT2D eigenvalue weighted by molar-refractivity contribution is -0.385. The van der Waals surface area contributed by atoms with Crippen molar-refractivity contribution in [3.63, 3.8) is 0 Å². The summed E-state index contributed by atoms with van der Waals surface area (Å²) in [5.74, 6) is -1.39. The van der Waals surface area contributed by atoms with Gasteiger partial charge in [-0.1, -0.05) is 42.5 Å². The minimum absolute atomic E-state index is 0.123. The number of nitrogens with one attached hydrogen (secondary N) is 1. The first-order valence-electron chi connectivity index (χ1n) is 6.71. The van der Waals surface area contributed by atoms with Gasteiger partial charge >= 0.3 is 5.97 Å². The van der Waals surface area contributed by atoms with Gasteiger partial charge in [-0.05, 0) is 11.6 Å². The average Bonchev–Trinajstić information content (AvgIpc) is 2.59. The molecule has 0 heterocycles. The Labute approximate surface area is 132 Å². The highest BCUT2D eigenvalue weighted by molar-refractivity contribution is 6.00. The van der Waals surface area contributed by atoms with Gasteiger partial charge in [-0.3, -0.25) is 14.9 Å². The number of rotatable bonds is 5.